The first-order chi connectivity index (χ1) is 16.8. The van der Waals surface area contributed by atoms with Crippen LogP contribution in [0.25, 0.3) is 11.0 Å². The first kappa shape index (κ1) is 26.9. The highest BCUT2D eigenvalue weighted by Crippen LogP contribution is 2.37. The van der Waals surface area contributed by atoms with Crippen LogP contribution in [-0.2, 0) is 10.0 Å². The van der Waals surface area contributed by atoms with Gasteiger partial charge in [-0.05, 0) is 77.4 Å². The van der Waals surface area contributed by atoms with Crippen LogP contribution < -0.4 is 10.2 Å². The molecule has 1 atom stereocenters. The highest BCUT2D eigenvalue weighted by Gasteiger charge is 2.36. The monoisotopic (exact) mass is 645 g/mol. The zero-order valence-electron chi connectivity index (χ0n) is 20.5. The van der Waals surface area contributed by atoms with Crippen molar-refractivity contribution < 1.29 is 18.3 Å². The Hall–Kier alpha value is -2.12. The summed E-state index contributed by atoms with van der Waals surface area (Å²) in [5.41, 5.74) is 0.967. The highest BCUT2D eigenvalue weighted by molar-refractivity contribution is 14.1. The Morgan fingerprint density at radius 1 is 1.19 bits per heavy atom. The quantitative estimate of drug-likeness (QED) is 0.292. The Morgan fingerprint density at radius 2 is 1.81 bits per heavy atom. The number of carbonyl (C=O) groups is 1. The molecule has 0 saturated carbocycles. The lowest BCUT2D eigenvalue weighted by Crippen LogP contribution is -2.51. The number of aryl methyl sites for hydroxylation is 1. The summed E-state index contributed by atoms with van der Waals surface area (Å²) in [6.45, 7) is 9.27. The van der Waals surface area contributed by atoms with Gasteiger partial charge in [-0.15, -0.1) is 0 Å². The first-order valence-corrected chi connectivity index (χ1v) is 14.5. The topological polar surface area (TPSA) is 117 Å². The van der Waals surface area contributed by atoms with Crippen molar-refractivity contribution in [3.8, 4) is 0 Å². The van der Waals surface area contributed by atoms with Crippen molar-refractivity contribution in [2.24, 2.45) is 11.3 Å². The molecule has 36 heavy (non-hydrogen) atoms. The summed E-state index contributed by atoms with van der Waals surface area (Å²) in [4.78, 5) is 22.4. The lowest BCUT2D eigenvalue weighted by molar-refractivity contribution is 0.142. The van der Waals surface area contributed by atoms with Crippen molar-refractivity contribution in [3.05, 3.63) is 44.9 Å². The van der Waals surface area contributed by atoms with Gasteiger partial charge < -0.3 is 15.3 Å². The van der Waals surface area contributed by atoms with E-state index < -0.39 is 16.1 Å². The van der Waals surface area contributed by atoms with Crippen LogP contribution in [0.3, 0.4) is 0 Å². The number of hydrogen-bond donors (Lipinski definition) is 2. The first-order valence-electron chi connectivity index (χ1n) is 11.6. The van der Waals surface area contributed by atoms with Crippen molar-refractivity contribution in [1.82, 2.24) is 19.3 Å². The molecular weight excluding hydrogens is 617 g/mol. The van der Waals surface area contributed by atoms with E-state index in [0.29, 0.717) is 27.9 Å². The average Bonchev–Trinajstić information content (AvgIpc) is 3.13. The normalized spacial score (nSPS) is 16.3. The fraction of sp³-hybridized carbons (Fsp3) is 0.458. The molecule has 9 nitrogen and oxygen atoms in total. The molecule has 1 fully saturated rings. The number of halogens is 2. The fourth-order valence-electron chi connectivity index (χ4n) is 4.87. The van der Waals surface area contributed by atoms with E-state index >= 15 is 0 Å². The average molecular weight is 646 g/mol. The zero-order valence-corrected chi connectivity index (χ0v) is 24.2. The lowest BCUT2D eigenvalue weighted by atomic mass is 9.75. The zero-order chi connectivity index (χ0) is 26.4. The summed E-state index contributed by atoms with van der Waals surface area (Å²) >= 11 is 8.41. The third-order valence-corrected chi connectivity index (χ3v) is 9.27. The van der Waals surface area contributed by atoms with Gasteiger partial charge in [0, 0.05) is 28.9 Å². The van der Waals surface area contributed by atoms with Gasteiger partial charge in [0.1, 0.15) is 5.82 Å². The molecule has 1 aliphatic heterocycles. The molecule has 12 heteroatoms. The number of carboxylic acid groups (broad SMARTS) is 1. The van der Waals surface area contributed by atoms with Crippen LogP contribution in [-0.4, -0.2) is 52.7 Å². The van der Waals surface area contributed by atoms with Gasteiger partial charge in [-0.3, -0.25) is 0 Å². The number of hydrogen-bond acceptors (Lipinski definition) is 6. The van der Waals surface area contributed by atoms with Crippen LogP contribution in [0.5, 0.6) is 0 Å². The maximum atomic E-state index is 13.5. The summed E-state index contributed by atoms with van der Waals surface area (Å²) in [6.07, 6.45) is 2.04. The number of aromatic nitrogens is 3. The Morgan fingerprint density at radius 3 is 2.36 bits per heavy atom. The summed E-state index contributed by atoms with van der Waals surface area (Å²) in [7, 11) is -3.89. The molecule has 0 spiro atoms. The van der Waals surface area contributed by atoms with Crippen LogP contribution in [0, 0.1) is 21.8 Å². The molecule has 1 saturated heterocycles. The molecule has 3 aromatic rings. The highest BCUT2D eigenvalue weighted by atomic mass is 127. The summed E-state index contributed by atoms with van der Waals surface area (Å²) < 4.78 is 28.8. The molecule has 2 aromatic heterocycles. The molecule has 4 rings (SSSR count). The van der Waals surface area contributed by atoms with E-state index in [2.05, 4.69) is 42.8 Å². The van der Waals surface area contributed by atoms with Gasteiger partial charge in [0.2, 0.25) is 5.28 Å². The van der Waals surface area contributed by atoms with E-state index in [0.717, 1.165) is 18.4 Å². The Bertz CT molecular complexity index is 1390. The van der Waals surface area contributed by atoms with Gasteiger partial charge in [-0.2, -0.15) is 9.97 Å². The van der Waals surface area contributed by atoms with Crippen molar-refractivity contribution in [3.63, 3.8) is 0 Å². The van der Waals surface area contributed by atoms with Crippen LogP contribution in [0.15, 0.2) is 35.4 Å². The van der Waals surface area contributed by atoms with Crippen molar-refractivity contribution >= 4 is 67.2 Å². The van der Waals surface area contributed by atoms with Crippen LogP contribution in [0.2, 0.25) is 5.28 Å². The van der Waals surface area contributed by atoms with E-state index in [-0.39, 0.29) is 33.2 Å². The van der Waals surface area contributed by atoms with Crippen molar-refractivity contribution in [1.29, 1.82) is 0 Å². The van der Waals surface area contributed by atoms with E-state index in [1.54, 1.807) is 30.5 Å². The van der Waals surface area contributed by atoms with Gasteiger partial charge in [-0.1, -0.05) is 38.5 Å². The molecule has 3 heterocycles. The van der Waals surface area contributed by atoms with Crippen molar-refractivity contribution in [2.45, 2.75) is 51.5 Å². The Balaban J connectivity index is 1.69. The third-order valence-electron chi connectivity index (χ3n) is 6.62. The number of nitrogens with one attached hydrogen (secondary N) is 1. The molecule has 1 aliphatic rings. The van der Waals surface area contributed by atoms with E-state index in [1.165, 1.54) is 3.97 Å². The molecule has 194 valence electrons. The predicted octanol–water partition coefficient (Wildman–Crippen LogP) is 5.13. The summed E-state index contributed by atoms with van der Waals surface area (Å²) in [6, 6.07) is 6.48. The van der Waals surface area contributed by atoms with Crippen LogP contribution >= 0.6 is 34.2 Å². The SMILES string of the molecule is Cc1ccc(S(=O)(=O)n2cc(I)c3c(N4CCC(C(NC(=O)O)C(C)(C)C)CC4)nc(Cl)nc32)cc1. The number of rotatable bonds is 5. The standard InChI is InChI=1S/C24H29ClIN5O4S/c1-14-5-7-16(8-6-14)36(34,35)31-13-17(26)18-20(28-22(25)29-21(18)31)30-11-9-15(10-12-30)19(24(2,3)4)27-23(32)33/h5-8,13,15,19,27H,9-12H2,1-4H3,(H,32,33). The van der Waals surface area contributed by atoms with Gasteiger partial charge in [0.25, 0.3) is 10.0 Å². The van der Waals surface area contributed by atoms with Crippen molar-refractivity contribution in [2.75, 3.05) is 18.0 Å². The van der Waals surface area contributed by atoms with Gasteiger partial charge in [-0.25, -0.2) is 17.2 Å². The second kappa shape index (κ2) is 9.97. The molecule has 1 unspecified atom stereocenters. The third kappa shape index (κ3) is 5.28. The van der Waals surface area contributed by atoms with Crippen LogP contribution in [0.1, 0.15) is 39.2 Å². The number of amides is 1. The van der Waals surface area contributed by atoms with E-state index in [1.807, 2.05) is 27.7 Å². The molecule has 1 amide bonds. The Kier molecular flexibility index (Phi) is 7.46. The second-order valence-electron chi connectivity index (χ2n) is 10.2. The fourth-order valence-corrected chi connectivity index (χ4v) is 7.29. The number of benzene rings is 1. The largest absolute Gasteiger partial charge is 0.465 e. The Labute approximate surface area is 229 Å². The molecule has 0 radical (unpaired) electrons. The number of anilines is 1. The molecule has 0 aliphatic carbocycles. The van der Waals surface area contributed by atoms with Crippen LogP contribution in [0.4, 0.5) is 10.6 Å². The summed E-state index contributed by atoms with van der Waals surface area (Å²) in [5, 5.41) is 12.7. The number of fused-ring (bicyclic) bond motifs is 1. The summed E-state index contributed by atoms with van der Waals surface area (Å²) in [5.74, 6) is 0.750. The maximum Gasteiger partial charge on any atom is 0.404 e. The molecule has 1 aromatic carbocycles. The minimum atomic E-state index is -3.89. The van der Waals surface area contributed by atoms with Gasteiger partial charge in [0.05, 0.1) is 10.3 Å². The van der Waals surface area contributed by atoms with E-state index in [4.69, 9.17) is 11.6 Å². The van der Waals surface area contributed by atoms with Gasteiger partial charge in [0.15, 0.2) is 5.65 Å². The lowest BCUT2D eigenvalue weighted by Gasteiger charge is -2.42. The predicted molar refractivity (Wildman–Crippen MR) is 148 cm³/mol. The molecule has 0 bridgehead atoms. The number of nitrogens with zero attached hydrogens (tertiary/aromatic N) is 4. The smallest absolute Gasteiger partial charge is 0.404 e. The van der Waals surface area contributed by atoms with E-state index in [9.17, 15) is 18.3 Å². The molecular formula is C24H29ClIN5O4S. The molecule has 2 N–H and O–H groups in total. The minimum Gasteiger partial charge on any atom is -0.465 e. The van der Waals surface area contributed by atoms with Gasteiger partial charge >= 0.3 is 6.09 Å². The maximum absolute atomic E-state index is 13.5. The number of piperidine rings is 1. The second-order valence-corrected chi connectivity index (χ2v) is 13.5. The minimum absolute atomic E-state index is 0.0328.